The van der Waals surface area contributed by atoms with Gasteiger partial charge < -0.3 is 32.1 Å². The van der Waals surface area contributed by atoms with Crippen LogP contribution in [0.2, 0.25) is 0 Å². The Morgan fingerprint density at radius 2 is 1.58 bits per heavy atom. The van der Waals surface area contributed by atoms with E-state index < -0.39 is 65.9 Å². The van der Waals surface area contributed by atoms with Gasteiger partial charge in [-0.3, -0.25) is 14.4 Å². The summed E-state index contributed by atoms with van der Waals surface area (Å²) < 4.78 is 0. The van der Waals surface area contributed by atoms with Crippen molar-refractivity contribution in [1.82, 2.24) is 15.3 Å². The number of carboxylic acid groups (broad SMARTS) is 1. The molecular weight excluding hydrogens is 350 g/mol. The van der Waals surface area contributed by atoms with Crippen molar-refractivity contribution < 1.29 is 34.5 Å². The number of nitrogens with one attached hydrogen (secondary N) is 1. The first-order chi connectivity index (χ1) is 12.1. The quantitative estimate of drug-likeness (QED) is 0.252. The molecule has 2 atom stereocenters. The molecule has 8 N–H and O–H groups in total. The molecule has 0 bridgehead atoms. The van der Waals surface area contributed by atoms with Gasteiger partial charge in [0.15, 0.2) is 34.8 Å². The molecule has 0 aromatic carbocycles. The first-order valence-electron chi connectivity index (χ1n) is 7.34. The normalized spacial score (nSPS) is 12.9. The first kappa shape index (κ1) is 20.9. The van der Waals surface area contributed by atoms with E-state index in [1.807, 2.05) is 5.32 Å². The SMILES string of the molecule is CC(=O)[C@H](CO)CC(=O)c1nc(N)c(C(=O)N[C@@H](CO)C(=O)O)nc1N. The van der Waals surface area contributed by atoms with Crippen molar-refractivity contribution in [2.75, 3.05) is 24.7 Å². The number of nitrogens with two attached hydrogens (primary N) is 2. The Bertz CT molecular complexity index is 675. The van der Waals surface area contributed by atoms with Crippen molar-refractivity contribution in [3.05, 3.63) is 11.4 Å². The fourth-order valence-corrected chi connectivity index (χ4v) is 1.90. The van der Waals surface area contributed by atoms with Gasteiger partial charge in [0, 0.05) is 12.3 Å². The number of Topliss-reactive ketones (excluding diaryl/α,β-unsaturated/α-hetero) is 2. The van der Waals surface area contributed by atoms with Crippen LogP contribution in [0.5, 0.6) is 0 Å². The fourth-order valence-electron chi connectivity index (χ4n) is 1.90. The Morgan fingerprint density at radius 3 is 2.04 bits per heavy atom. The van der Waals surface area contributed by atoms with E-state index >= 15 is 0 Å². The minimum Gasteiger partial charge on any atom is -0.480 e. The van der Waals surface area contributed by atoms with Crippen LogP contribution in [0.4, 0.5) is 11.6 Å². The molecule has 1 aromatic heterocycles. The molecule has 1 rings (SSSR count). The molecule has 12 nitrogen and oxygen atoms in total. The summed E-state index contributed by atoms with van der Waals surface area (Å²) in [6.45, 7) is -0.193. The van der Waals surface area contributed by atoms with E-state index in [-0.39, 0.29) is 12.1 Å². The van der Waals surface area contributed by atoms with Crippen molar-refractivity contribution >= 4 is 35.1 Å². The highest BCUT2D eigenvalue weighted by atomic mass is 16.4. The fraction of sp³-hybridized carbons (Fsp3) is 0.429. The number of aliphatic hydroxyl groups is 2. The van der Waals surface area contributed by atoms with Gasteiger partial charge in [0.05, 0.1) is 13.2 Å². The summed E-state index contributed by atoms with van der Waals surface area (Å²) in [6, 6.07) is -1.59. The van der Waals surface area contributed by atoms with E-state index in [1.165, 1.54) is 6.92 Å². The van der Waals surface area contributed by atoms with E-state index in [9.17, 15) is 19.2 Å². The maximum atomic E-state index is 12.2. The van der Waals surface area contributed by atoms with Crippen molar-refractivity contribution in [3.8, 4) is 0 Å². The molecule has 0 saturated carbocycles. The highest BCUT2D eigenvalue weighted by molar-refractivity contribution is 6.03. The number of ketones is 2. The largest absolute Gasteiger partial charge is 0.480 e. The highest BCUT2D eigenvalue weighted by Crippen LogP contribution is 2.17. The number of aliphatic carboxylic acids is 1. The molecular formula is C14H19N5O7. The van der Waals surface area contributed by atoms with Crippen LogP contribution in [0.3, 0.4) is 0 Å². The van der Waals surface area contributed by atoms with Crippen LogP contribution in [0, 0.1) is 5.92 Å². The minimum absolute atomic E-state index is 0.374. The van der Waals surface area contributed by atoms with Crippen LogP contribution >= 0.6 is 0 Å². The number of aromatic nitrogens is 2. The monoisotopic (exact) mass is 369 g/mol. The van der Waals surface area contributed by atoms with Gasteiger partial charge in [-0.25, -0.2) is 14.8 Å². The van der Waals surface area contributed by atoms with Gasteiger partial charge in [-0.15, -0.1) is 0 Å². The van der Waals surface area contributed by atoms with Crippen molar-refractivity contribution in [2.45, 2.75) is 19.4 Å². The maximum Gasteiger partial charge on any atom is 0.328 e. The zero-order valence-electron chi connectivity index (χ0n) is 13.8. The second-order valence-corrected chi connectivity index (χ2v) is 5.36. The lowest BCUT2D eigenvalue weighted by molar-refractivity contribution is -0.140. The number of hydrogen-bond donors (Lipinski definition) is 6. The predicted molar refractivity (Wildman–Crippen MR) is 87.0 cm³/mol. The molecule has 1 aromatic rings. The van der Waals surface area contributed by atoms with E-state index in [0.717, 1.165) is 0 Å². The van der Waals surface area contributed by atoms with Crippen molar-refractivity contribution in [3.63, 3.8) is 0 Å². The van der Waals surface area contributed by atoms with Crippen LogP contribution < -0.4 is 16.8 Å². The molecule has 0 aliphatic carbocycles. The third-order valence-corrected chi connectivity index (χ3v) is 3.44. The summed E-state index contributed by atoms with van der Waals surface area (Å²) >= 11 is 0. The minimum atomic E-state index is -1.59. The number of carboxylic acids is 1. The standard InChI is InChI=1S/C14H19N5O7/c1-5(22)6(3-20)2-8(23)9-11(15)19-10(12(16)18-9)13(24)17-7(4-21)14(25)26/h6-7,20-21H,2-4H2,1H3,(H2,15,19)(H2,16,18)(H,17,24)(H,25,26)/t6-,7-/m0/s1. The molecule has 142 valence electrons. The zero-order chi connectivity index (χ0) is 20.0. The number of anilines is 2. The summed E-state index contributed by atoms with van der Waals surface area (Å²) in [5.41, 5.74) is 10.3. The summed E-state index contributed by atoms with van der Waals surface area (Å²) in [5.74, 6) is -5.53. The average Bonchev–Trinajstić information content (AvgIpc) is 2.57. The lowest BCUT2D eigenvalue weighted by Gasteiger charge is -2.14. The number of carbonyl (C=O) groups excluding carboxylic acids is 3. The van der Waals surface area contributed by atoms with Crippen molar-refractivity contribution in [2.24, 2.45) is 5.92 Å². The Labute approximate surface area is 147 Å². The molecule has 0 aliphatic heterocycles. The van der Waals surface area contributed by atoms with Gasteiger partial charge in [0.25, 0.3) is 5.91 Å². The van der Waals surface area contributed by atoms with Gasteiger partial charge in [0.1, 0.15) is 5.78 Å². The van der Waals surface area contributed by atoms with Crippen LogP contribution in [0.25, 0.3) is 0 Å². The number of rotatable bonds is 9. The number of carbonyl (C=O) groups is 4. The Morgan fingerprint density at radius 1 is 1.04 bits per heavy atom. The summed E-state index contributed by atoms with van der Waals surface area (Å²) in [5, 5.41) is 28.8. The van der Waals surface area contributed by atoms with Gasteiger partial charge in [0.2, 0.25) is 0 Å². The van der Waals surface area contributed by atoms with Crippen LogP contribution in [-0.4, -0.2) is 68.0 Å². The summed E-state index contributed by atoms with van der Waals surface area (Å²) in [7, 11) is 0. The van der Waals surface area contributed by atoms with E-state index in [2.05, 4.69) is 9.97 Å². The number of amides is 1. The predicted octanol–water partition coefficient (Wildman–Crippen LogP) is -2.41. The molecule has 0 aliphatic rings. The smallest absolute Gasteiger partial charge is 0.328 e. The van der Waals surface area contributed by atoms with Gasteiger partial charge in [-0.05, 0) is 6.92 Å². The molecule has 0 spiro atoms. The molecule has 0 unspecified atom stereocenters. The zero-order valence-corrected chi connectivity index (χ0v) is 13.8. The Hall–Kier alpha value is -3.12. The summed E-state index contributed by atoms with van der Waals surface area (Å²) in [6.07, 6.45) is -0.374. The molecule has 0 radical (unpaired) electrons. The van der Waals surface area contributed by atoms with Crippen molar-refractivity contribution in [1.29, 1.82) is 0 Å². The number of nitrogen functional groups attached to an aromatic ring is 2. The lowest BCUT2D eigenvalue weighted by atomic mass is 9.98. The van der Waals surface area contributed by atoms with E-state index in [0.29, 0.717) is 0 Å². The number of aliphatic hydroxyl groups excluding tert-OH is 2. The Kier molecular flexibility index (Phi) is 7.10. The first-order valence-corrected chi connectivity index (χ1v) is 7.34. The molecule has 1 heterocycles. The van der Waals surface area contributed by atoms with Crippen LogP contribution in [-0.2, 0) is 9.59 Å². The average molecular weight is 369 g/mol. The third kappa shape index (κ3) is 4.94. The third-order valence-electron chi connectivity index (χ3n) is 3.44. The van der Waals surface area contributed by atoms with E-state index in [4.69, 9.17) is 26.8 Å². The molecule has 26 heavy (non-hydrogen) atoms. The topological polar surface area (TPSA) is 219 Å². The Balaban J connectivity index is 3.07. The second-order valence-electron chi connectivity index (χ2n) is 5.36. The molecule has 12 heteroatoms. The summed E-state index contributed by atoms with van der Waals surface area (Å²) in [4.78, 5) is 53.6. The lowest BCUT2D eigenvalue weighted by Crippen LogP contribution is -2.44. The highest BCUT2D eigenvalue weighted by Gasteiger charge is 2.26. The van der Waals surface area contributed by atoms with Crippen LogP contribution in [0.15, 0.2) is 0 Å². The van der Waals surface area contributed by atoms with Crippen LogP contribution in [0.1, 0.15) is 34.3 Å². The van der Waals surface area contributed by atoms with Gasteiger partial charge in [-0.1, -0.05) is 0 Å². The number of nitrogens with zero attached hydrogens (tertiary/aromatic N) is 2. The molecule has 0 fully saturated rings. The van der Waals surface area contributed by atoms with E-state index in [1.54, 1.807) is 0 Å². The van der Waals surface area contributed by atoms with Gasteiger partial charge in [-0.2, -0.15) is 0 Å². The maximum absolute atomic E-state index is 12.2. The van der Waals surface area contributed by atoms with Gasteiger partial charge >= 0.3 is 5.97 Å². The number of hydrogen-bond acceptors (Lipinski definition) is 10. The molecule has 0 saturated heterocycles. The molecule has 1 amide bonds. The second kappa shape index (κ2) is 8.82.